The first kappa shape index (κ1) is 35.9. The van der Waals surface area contributed by atoms with Gasteiger partial charge in [0.1, 0.15) is 30.0 Å². The van der Waals surface area contributed by atoms with E-state index in [0.717, 1.165) is 22.3 Å². The zero-order valence-electron chi connectivity index (χ0n) is 28.3. The van der Waals surface area contributed by atoms with E-state index in [1.807, 2.05) is 121 Å². The molecule has 256 valence electrons. The summed E-state index contributed by atoms with van der Waals surface area (Å²) in [6.45, 7) is 11.7. The molecule has 0 spiro atoms. The van der Waals surface area contributed by atoms with Gasteiger partial charge in [0.2, 0.25) is 5.91 Å². The van der Waals surface area contributed by atoms with E-state index in [2.05, 4.69) is 13.2 Å². The smallest absolute Gasteiger partial charge is 0.219 e. The fraction of sp³-hybridized carbons (Fsp3) is 0.310. The van der Waals surface area contributed by atoms with Crippen LogP contribution in [0.1, 0.15) is 29.2 Å². The van der Waals surface area contributed by atoms with Gasteiger partial charge in [-0.2, -0.15) is 0 Å². The summed E-state index contributed by atoms with van der Waals surface area (Å²) in [7, 11) is 0. The van der Waals surface area contributed by atoms with Crippen LogP contribution >= 0.6 is 0 Å². The number of hydrogen-bond acceptors (Lipinski definition) is 6. The van der Waals surface area contributed by atoms with Crippen molar-refractivity contribution in [2.24, 2.45) is 0 Å². The molecule has 5 rings (SSSR count). The number of ether oxygens (including phenoxy) is 5. The molecule has 0 aliphatic carbocycles. The van der Waals surface area contributed by atoms with Crippen LogP contribution in [0.25, 0.3) is 0 Å². The minimum atomic E-state index is -1.18. The fourth-order valence-electron chi connectivity index (χ4n) is 6.10. The van der Waals surface area contributed by atoms with Crippen LogP contribution in [-0.4, -0.2) is 60.5 Å². The third-order valence-corrected chi connectivity index (χ3v) is 8.66. The lowest BCUT2D eigenvalue weighted by Gasteiger charge is -2.52. The Bertz CT molecular complexity index is 1570. The molecule has 4 aromatic carbocycles. The SMILES string of the molecule is C=CCN(C[C@@]1(C=C)O[C@H](COCc2ccccc2)[C@@H](OCc2ccccc2)[C@H](OCc2ccccc2)[C@H]1OCc1ccccc1)C(C)=O. The molecule has 0 radical (unpaired) electrons. The Hall–Kier alpha value is -4.37. The Kier molecular flexibility index (Phi) is 13.5. The molecular weight excluding hydrogens is 614 g/mol. The molecule has 1 aliphatic heterocycles. The van der Waals surface area contributed by atoms with Crippen molar-refractivity contribution in [1.29, 1.82) is 0 Å². The van der Waals surface area contributed by atoms with Gasteiger partial charge in [-0.25, -0.2) is 0 Å². The third-order valence-electron chi connectivity index (χ3n) is 8.66. The van der Waals surface area contributed by atoms with Crippen molar-refractivity contribution < 1.29 is 28.5 Å². The van der Waals surface area contributed by atoms with E-state index < -0.39 is 30.0 Å². The lowest BCUT2D eigenvalue weighted by atomic mass is 9.83. The minimum absolute atomic E-state index is 0.118. The standard InChI is InChI=1S/C42H47NO6/c1-4-26-43(33(3)44)32-42(5-2)41(48-30-37-24-16-9-17-25-37)40(47-29-36-22-14-8-15-23-36)39(46-28-35-20-12-7-13-21-35)38(49-42)31-45-27-34-18-10-6-11-19-34/h4-25,38-41H,1-2,26-32H2,3H3/t38-,39-,40+,41-,42-/m1/s1. The molecule has 1 amide bonds. The molecule has 5 atom stereocenters. The van der Waals surface area contributed by atoms with Crippen molar-refractivity contribution in [3.05, 3.63) is 169 Å². The molecule has 0 unspecified atom stereocenters. The Morgan fingerprint density at radius 1 is 0.694 bits per heavy atom. The van der Waals surface area contributed by atoms with Crippen LogP contribution in [0.2, 0.25) is 0 Å². The highest BCUT2D eigenvalue weighted by Gasteiger charge is 2.56. The zero-order valence-corrected chi connectivity index (χ0v) is 28.3. The fourth-order valence-corrected chi connectivity index (χ4v) is 6.10. The van der Waals surface area contributed by atoms with Crippen molar-refractivity contribution in [3.8, 4) is 0 Å². The quantitative estimate of drug-likeness (QED) is 0.104. The zero-order chi connectivity index (χ0) is 34.3. The maximum Gasteiger partial charge on any atom is 0.219 e. The molecule has 1 aliphatic rings. The van der Waals surface area contributed by atoms with Crippen molar-refractivity contribution in [3.63, 3.8) is 0 Å². The molecule has 7 nitrogen and oxygen atoms in total. The van der Waals surface area contributed by atoms with Gasteiger partial charge in [0.05, 0.1) is 39.6 Å². The van der Waals surface area contributed by atoms with Crippen LogP contribution < -0.4 is 0 Å². The monoisotopic (exact) mass is 661 g/mol. The third kappa shape index (κ3) is 10.1. The van der Waals surface area contributed by atoms with Crippen LogP contribution in [0.4, 0.5) is 0 Å². The Balaban J connectivity index is 1.55. The normalized spacial score (nSPS) is 21.9. The van der Waals surface area contributed by atoms with Crippen LogP contribution in [-0.2, 0) is 54.9 Å². The molecule has 0 saturated carbocycles. The second kappa shape index (κ2) is 18.4. The number of benzene rings is 4. The summed E-state index contributed by atoms with van der Waals surface area (Å²) >= 11 is 0. The first-order valence-corrected chi connectivity index (χ1v) is 16.8. The van der Waals surface area contributed by atoms with E-state index >= 15 is 0 Å². The van der Waals surface area contributed by atoms with Gasteiger partial charge in [-0.1, -0.05) is 133 Å². The highest BCUT2D eigenvalue weighted by molar-refractivity contribution is 5.73. The summed E-state index contributed by atoms with van der Waals surface area (Å²) in [5.41, 5.74) is 2.88. The van der Waals surface area contributed by atoms with Crippen LogP contribution in [0.15, 0.2) is 147 Å². The van der Waals surface area contributed by atoms with Gasteiger partial charge < -0.3 is 28.6 Å². The van der Waals surface area contributed by atoms with Gasteiger partial charge in [-0.3, -0.25) is 4.79 Å². The summed E-state index contributed by atoms with van der Waals surface area (Å²) in [6.07, 6.45) is 0.905. The molecule has 49 heavy (non-hydrogen) atoms. The molecule has 0 N–H and O–H groups in total. The Labute approximate surface area is 290 Å². The predicted octanol–water partition coefficient (Wildman–Crippen LogP) is 7.32. The maximum atomic E-state index is 12.9. The second-order valence-electron chi connectivity index (χ2n) is 12.2. The van der Waals surface area contributed by atoms with Gasteiger partial charge in [0.25, 0.3) is 0 Å². The maximum absolute atomic E-state index is 12.9. The van der Waals surface area contributed by atoms with E-state index in [9.17, 15) is 4.79 Å². The largest absolute Gasteiger partial charge is 0.374 e. The van der Waals surface area contributed by atoms with Gasteiger partial charge in [-0.15, -0.1) is 13.2 Å². The lowest BCUT2D eigenvalue weighted by molar-refractivity contribution is -0.297. The van der Waals surface area contributed by atoms with Crippen molar-refractivity contribution >= 4 is 5.91 Å². The number of nitrogens with zero attached hydrogens (tertiary/aromatic N) is 1. The molecule has 1 saturated heterocycles. The molecule has 1 heterocycles. The molecule has 0 bridgehead atoms. The summed E-state index contributed by atoms with van der Waals surface area (Å²) < 4.78 is 33.9. The Morgan fingerprint density at radius 2 is 1.14 bits per heavy atom. The Morgan fingerprint density at radius 3 is 1.59 bits per heavy atom. The van der Waals surface area contributed by atoms with E-state index in [1.165, 1.54) is 0 Å². The first-order chi connectivity index (χ1) is 24.0. The highest BCUT2D eigenvalue weighted by Crippen LogP contribution is 2.39. The van der Waals surface area contributed by atoms with Crippen molar-refractivity contribution in [2.75, 3.05) is 19.7 Å². The van der Waals surface area contributed by atoms with Crippen LogP contribution in [0.5, 0.6) is 0 Å². The summed E-state index contributed by atoms with van der Waals surface area (Å²) in [6, 6.07) is 40.0. The van der Waals surface area contributed by atoms with E-state index in [1.54, 1.807) is 24.0 Å². The molecule has 4 aromatic rings. The second-order valence-corrected chi connectivity index (χ2v) is 12.2. The van der Waals surface area contributed by atoms with Crippen LogP contribution in [0, 0.1) is 0 Å². The van der Waals surface area contributed by atoms with Crippen molar-refractivity contribution in [2.45, 2.75) is 63.4 Å². The van der Waals surface area contributed by atoms with Crippen LogP contribution in [0.3, 0.4) is 0 Å². The first-order valence-electron chi connectivity index (χ1n) is 16.8. The highest BCUT2D eigenvalue weighted by atomic mass is 16.6. The average Bonchev–Trinajstić information content (AvgIpc) is 3.14. The van der Waals surface area contributed by atoms with Gasteiger partial charge in [-0.05, 0) is 22.3 Å². The summed E-state index contributed by atoms with van der Waals surface area (Å²) in [4.78, 5) is 14.6. The number of hydrogen-bond donors (Lipinski definition) is 0. The number of amides is 1. The van der Waals surface area contributed by atoms with Gasteiger partial charge in [0, 0.05) is 13.5 Å². The van der Waals surface area contributed by atoms with Gasteiger partial charge in [0.15, 0.2) is 0 Å². The number of carbonyl (C=O) groups excluding carboxylic acids is 1. The van der Waals surface area contributed by atoms with E-state index in [4.69, 9.17) is 23.7 Å². The average molecular weight is 662 g/mol. The molecular formula is C42H47NO6. The number of carbonyl (C=O) groups is 1. The molecule has 1 fully saturated rings. The van der Waals surface area contributed by atoms with Gasteiger partial charge >= 0.3 is 0 Å². The minimum Gasteiger partial charge on any atom is -0.374 e. The number of rotatable bonds is 18. The topological polar surface area (TPSA) is 66.5 Å². The lowest BCUT2D eigenvalue weighted by Crippen LogP contribution is -2.69. The molecule has 0 aromatic heterocycles. The predicted molar refractivity (Wildman–Crippen MR) is 191 cm³/mol. The molecule has 7 heteroatoms. The van der Waals surface area contributed by atoms with Crippen molar-refractivity contribution in [1.82, 2.24) is 4.90 Å². The van der Waals surface area contributed by atoms with E-state index in [0.29, 0.717) is 26.4 Å². The summed E-state index contributed by atoms with van der Waals surface area (Å²) in [5.74, 6) is -0.118. The van der Waals surface area contributed by atoms with E-state index in [-0.39, 0.29) is 25.7 Å². The summed E-state index contributed by atoms with van der Waals surface area (Å²) in [5, 5.41) is 0.